The average molecular weight is 436 g/mol. The number of benzene rings is 2. The third kappa shape index (κ3) is 3.73. The normalized spacial score (nSPS) is 15.2. The number of H-pyrrole nitrogens is 1. The number of ether oxygens (including phenoxy) is 2. The zero-order valence-electron chi connectivity index (χ0n) is 18.2. The molecular weight excluding hydrogens is 412 g/mol. The maximum absolute atomic E-state index is 12.6. The number of aromatic hydroxyl groups is 1. The van der Waals surface area contributed by atoms with E-state index in [-0.39, 0.29) is 11.6 Å². The van der Waals surface area contributed by atoms with Crippen molar-refractivity contribution in [3.63, 3.8) is 0 Å². The Kier molecular flexibility index (Phi) is 5.48. The van der Waals surface area contributed by atoms with E-state index in [1.807, 2.05) is 32.0 Å². The van der Waals surface area contributed by atoms with Crippen LogP contribution in [0.5, 0.6) is 17.4 Å². The van der Waals surface area contributed by atoms with Gasteiger partial charge >= 0.3 is 5.69 Å². The lowest BCUT2D eigenvalue weighted by atomic mass is 9.99. The van der Waals surface area contributed by atoms with E-state index < -0.39 is 17.1 Å². The van der Waals surface area contributed by atoms with Crippen molar-refractivity contribution in [2.45, 2.75) is 26.3 Å². The van der Waals surface area contributed by atoms with Gasteiger partial charge in [0.1, 0.15) is 17.1 Å². The smallest absolute Gasteiger partial charge is 0.335 e. The van der Waals surface area contributed by atoms with Crippen LogP contribution < -0.4 is 26.1 Å². The zero-order chi connectivity index (χ0) is 23.0. The van der Waals surface area contributed by atoms with Gasteiger partial charge in [0.2, 0.25) is 5.88 Å². The minimum absolute atomic E-state index is 0.0498. The van der Waals surface area contributed by atoms with Gasteiger partial charge in [-0.15, -0.1) is 0 Å². The Morgan fingerprint density at radius 1 is 1.06 bits per heavy atom. The van der Waals surface area contributed by atoms with Gasteiger partial charge in [0, 0.05) is 18.1 Å². The van der Waals surface area contributed by atoms with Crippen LogP contribution in [0, 0.1) is 13.8 Å². The maximum Gasteiger partial charge on any atom is 0.335 e. The minimum Gasteiger partial charge on any atom is -0.497 e. The zero-order valence-corrected chi connectivity index (χ0v) is 18.2. The van der Waals surface area contributed by atoms with Gasteiger partial charge in [0.05, 0.1) is 31.7 Å². The van der Waals surface area contributed by atoms with Gasteiger partial charge in [-0.2, -0.15) is 5.10 Å². The summed E-state index contributed by atoms with van der Waals surface area (Å²) in [5, 5.41) is 15.3. The number of methoxy groups -OCH3 is 2. The van der Waals surface area contributed by atoms with E-state index in [1.54, 1.807) is 32.4 Å². The molecule has 4 rings (SSSR count). The molecular formula is C23H24N4O5. The first-order valence-electron chi connectivity index (χ1n) is 10.0. The Morgan fingerprint density at radius 2 is 1.78 bits per heavy atom. The summed E-state index contributed by atoms with van der Waals surface area (Å²) in [7, 11) is 3.13. The van der Waals surface area contributed by atoms with E-state index >= 15 is 0 Å². The van der Waals surface area contributed by atoms with Gasteiger partial charge in [0.25, 0.3) is 5.56 Å². The molecule has 3 aromatic rings. The third-order valence-corrected chi connectivity index (χ3v) is 5.41. The molecule has 166 valence electrons. The van der Waals surface area contributed by atoms with Gasteiger partial charge in [-0.05, 0) is 49.2 Å². The van der Waals surface area contributed by atoms with Gasteiger partial charge < -0.3 is 20.0 Å². The van der Waals surface area contributed by atoms with Crippen molar-refractivity contribution >= 4 is 5.71 Å². The summed E-state index contributed by atoms with van der Waals surface area (Å²) in [6.07, 6.45) is 0.310. The first-order valence-corrected chi connectivity index (χ1v) is 10.0. The Labute approximate surface area is 184 Å². The van der Waals surface area contributed by atoms with Crippen LogP contribution in [0.25, 0.3) is 5.69 Å². The molecule has 1 aliphatic heterocycles. The Bertz CT molecular complexity index is 1320. The molecule has 0 aliphatic carbocycles. The minimum atomic E-state index is -0.721. The molecule has 1 aromatic heterocycles. The molecule has 2 aromatic carbocycles. The van der Waals surface area contributed by atoms with Crippen LogP contribution in [-0.2, 0) is 0 Å². The quantitative estimate of drug-likeness (QED) is 0.565. The summed E-state index contributed by atoms with van der Waals surface area (Å²) in [5.41, 5.74) is 4.99. The van der Waals surface area contributed by atoms with Crippen LogP contribution in [0.3, 0.4) is 0 Å². The number of aryl methyl sites for hydroxylation is 2. The number of hydrogen-bond donors (Lipinski definition) is 3. The molecule has 9 heteroatoms. The molecule has 32 heavy (non-hydrogen) atoms. The predicted octanol–water partition coefficient (Wildman–Crippen LogP) is 2.30. The van der Waals surface area contributed by atoms with Gasteiger partial charge in [-0.25, -0.2) is 9.36 Å². The Balaban J connectivity index is 1.74. The highest BCUT2D eigenvalue weighted by atomic mass is 16.5. The van der Waals surface area contributed by atoms with Crippen molar-refractivity contribution in [2.24, 2.45) is 5.10 Å². The van der Waals surface area contributed by atoms with E-state index in [1.165, 1.54) is 0 Å². The summed E-state index contributed by atoms with van der Waals surface area (Å²) >= 11 is 0. The predicted molar refractivity (Wildman–Crippen MR) is 120 cm³/mol. The van der Waals surface area contributed by atoms with Crippen molar-refractivity contribution in [1.82, 2.24) is 15.0 Å². The summed E-state index contributed by atoms with van der Waals surface area (Å²) < 4.78 is 11.8. The molecule has 1 unspecified atom stereocenters. The van der Waals surface area contributed by atoms with Crippen molar-refractivity contribution < 1.29 is 14.6 Å². The number of nitrogens with one attached hydrogen (secondary N) is 2. The molecule has 1 atom stereocenters. The Hall–Kier alpha value is -4.01. The fourth-order valence-electron chi connectivity index (χ4n) is 3.99. The molecule has 0 spiro atoms. The van der Waals surface area contributed by atoms with Crippen LogP contribution >= 0.6 is 0 Å². The number of hydrazone groups is 1. The lowest BCUT2D eigenvalue weighted by Gasteiger charge is -2.16. The molecule has 3 N–H and O–H groups in total. The molecule has 0 fully saturated rings. The molecule has 9 nitrogen and oxygen atoms in total. The average Bonchev–Trinajstić information content (AvgIpc) is 3.21. The van der Waals surface area contributed by atoms with E-state index in [9.17, 15) is 14.7 Å². The lowest BCUT2D eigenvalue weighted by Crippen LogP contribution is -2.33. The summed E-state index contributed by atoms with van der Waals surface area (Å²) in [6, 6.07) is 10.6. The number of aromatic amines is 1. The van der Waals surface area contributed by atoms with Gasteiger partial charge in [0.15, 0.2) is 0 Å². The van der Waals surface area contributed by atoms with E-state index in [0.29, 0.717) is 29.3 Å². The molecule has 1 aliphatic rings. The van der Waals surface area contributed by atoms with E-state index in [0.717, 1.165) is 21.3 Å². The molecule has 0 saturated heterocycles. The standard InChI is InChI=1S/C23H24N4O5/c1-12-7-13(2)9-14(8-12)27-22(29)20(21(28)24-23(27)30)18-11-17(25-26-18)16-6-5-15(31-3)10-19(16)32-4/h5-10,17,25,29H,11H2,1-4H3,(H,24,28,30). The Morgan fingerprint density at radius 3 is 2.44 bits per heavy atom. The summed E-state index contributed by atoms with van der Waals surface area (Å²) in [5.74, 6) is 0.808. The van der Waals surface area contributed by atoms with Crippen molar-refractivity contribution in [3.8, 4) is 23.1 Å². The highest BCUT2D eigenvalue weighted by molar-refractivity contribution is 6.03. The second-order valence-corrected chi connectivity index (χ2v) is 7.69. The highest BCUT2D eigenvalue weighted by Crippen LogP contribution is 2.34. The van der Waals surface area contributed by atoms with Crippen molar-refractivity contribution in [3.05, 3.63) is 79.5 Å². The SMILES string of the molecule is COc1ccc(C2CC(c3c(O)n(-c4cc(C)cc(C)c4)c(=O)[nH]c3=O)=NN2)c(OC)c1. The number of rotatable bonds is 5. The highest BCUT2D eigenvalue weighted by Gasteiger charge is 2.29. The fourth-order valence-corrected chi connectivity index (χ4v) is 3.99. The summed E-state index contributed by atoms with van der Waals surface area (Å²) in [6.45, 7) is 3.78. The number of aromatic nitrogens is 2. The van der Waals surface area contributed by atoms with E-state index in [2.05, 4.69) is 15.5 Å². The van der Waals surface area contributed by atoms with Crippen LogP contribution in [0.4, 0.5) is 0 Å². The van der Waals surface area contributed by atoms with Gasteiger partial charge in [-0.1, -0.05) is 6.07 Å². The monoisotopic (exact) mass is 436 g/mol. The molecule has 0 radical (unpaired) electrons. The van der Waals surface area contributed by atoms with Crippen molar-refractivity contribution in [1.29, 1.82) is 0 Å². The third-order valence-electron chi connectivity index (χ3n) is 5.41. The number of hydrogen-bond acceptors (Lipinski definition) is 7. The van der Waals surface area contributed by atoms with Crippen LogP contribution in [0.2, 0.25) is 0 Å². The molecule has 0 bridgehead atoms. The molecule has 0 amide bonds. The largest absolute Gasteiger partial charge is 0.497 e. The number of nitrogens with zero attached hydrogens (tertiary/aromatic N) is 2. The van der Waals surface area contributed by atoms with Crippen LogP contribution in [-0.4, -0.2) is 34.6 Å². The van der Waals surface area contributed by atoms with Crippen LogP contribution in [0.15, 0.2) is 51.1 Å². The molecule has 2 heterocycles. The van der Waals surface area contributed by atoms with E-state index in [4.69, 9.17) is 9.47 Å². The van der Waals surface area contributed by atoms with Crippen LogP contribution in [0.1, 0.15) is 34.7 Å². The summed E-state index contributed by atoms with van der Waals surface area (Å²) in [4.78, 5) is 27.5. The van der Waals surface area contributed by atoms with Crippen molar-refractivity contribution in [2.75, 3.05) is 14.2 Å². The fraction of sp³-hybridized carbons (Fsp3) is 0.261. The lowest BCUT2D eigenvalue weighted by molar-refractivity contribution is 0.386. The second-order valence-electron chi connectivity index (χ2n) is 7.69. The van der Waals surface area contributed by atoms with Gasteiger partial charge in [-0.3, -0.25) is 9.78 Å². The topological polar surface area (TPSA) is 118 Å². The second kappa shape index (κ2) is 8.26. The first kappa shape index (κ1) is 21.2. The maximum atomic E-state index is 12.6. The molecule has 0 saturated carbocycles. The first-order chi connectivity index (χ1) is 15.3.